The first kappa shape index (κ1) is 7.74. The number of hydrogen-bond acceptors (Lipinski definition) is 0. The van der Waals surface area contributed by atoms with Crippen molar-refractivity contribution in [2.24, 2.45) is 11.8 Å². The SMILES string of the molecule is C.CC1C=CCC1C. The minimum Gasteiger partial charge on any atom is -0.0880 e. The molecule has 2 unspecified atom stereocenters. The maximum atomic E-state index is 2.30. The van der Waals surface area contributed by atoms with E-state index < -0.39 is 0 Å². The van der Waals surface area contributed by atoms with E-state index in [0.717, 1.165) is 11.8 Å². The summed E-state index contributed by atoms with van der Waals surface area (Å²) >= 11 is 0. The minimum atomic E-state index is 0. The predicted molar refractivity (Wildman–Crippen MR) is 38.8 cm³/mol. The van der Waals surface area contributed by atoms with Crippen LogP contribution in [-0.2, 0) is 0 Å². The quantitative estimate of drug-likeness (QED) is 0.423. The summed E-state index contributed by atoms with van der Waals surface area (Å²) in [5, 5.41) is 0. The molecule has 0 amide bonds. The molecule has 1 aliphatic carbocycles. The van der Waals surface area contributed by atoms with Gasteiger partial charge in [-0.05, 0) is 18.3 Å². The molecule has 0 radical (unpaired) electrons. The molecule has 2 atom stereocenters. The molecular formula is C8H16. The third-order valence-corrected chi connectivity index (χ3v) is 1.85. The van der Waals surface area contributed by atoms with Crippen LogP contribution < -0.4 is 0 Å². The van der Waals surface area contributed by atoms with Crippen molar-refractivity contribution in [1.82, 2.24) is 0 Å². The van der Waals surface area contributed by atoms with E-state index in [4.69, 9.17) is 0 Å². The van der Waals surface area contributed by atoms with Crippen molar-refractivity contribution in [3.8, 4) is 0 Å². The lowest BCUT2D eigenvalue weighted by Gasteiger charge is -2.04. The molecule has 0 spiro atoms. The van der Waals surface area contributed by atoms with Gasteiger partial charge in [0.05, 0.1) is 0 Å². The van der Waals surface area contributed by atoms with E-state index in [0.29, 0.717) is 0 Å². The summed E-state index contributed by atoms with van der Waals surface area (Å²) in [6, 6.07) is 0. The van der Waals surface area contributed by atoms with Crippen LogP contribution in [0.25, 0.3) is 0 Å². The molecule has 1 aliphatic rings. The Labute approximate surface area is 52.6 Å². The summed E-state index contributed by atoms with van der Waals surface area (Å²) in [7, 11) is 0. The van der Waals surface area contributed by atoms with Crippen molar-refractivity contribution in [3.05, 3.63) is 12.2 Å². The lowest BCUT2D eigenvalue weighted by atomic mass is 10.0. The van der Waals surface area contributed by atoms with Gasteiger partial charge in [0.15, 0.2) is 0 Å². The van der Waals surface area contributed by atoms with E-state index in [1.54, 1.807) is 0 Å². The Kier molecular flexibility index (Phi) is 2.81. The van der Waals surface area contributed by atoms with Crippen LogP contribution >= 0.6 is 0 Å². The molecule has 0 bridgehead atoms. The number of hydrogen-bond donors (Lipinski definition) is 0. The monoisotopic (exact) mass is 112 g/mol. The smallest absolute Gasteiger partial charge is 0.0233 e. The first-order valence-corrected chi connectivity index (χ1v) is 2.97. The zero-order valence-electron chi connectivity index (χ0n) is 5.02. The second-order valence-corrected chi connectivity index (χ2v) is 2.50. The van der Waals surface area contributed by atoms with Gasteiger partial charge in [0.25, 0.3) is 0 Å². The van der Waals surface area contributed by atoms with Crippen molar-refractivity contribution >= 4 is 0 Å². The lowest BCUT2D eigenvalue weighted by Crippen LogP contribution is -1.96. The van der Waals surface area contributed by atoms with Gasteiger partial charge in [0, 0.05) is 0 Å². The highest BCUT2D eigenvalue weighted by atomic mass is 14.2. The van der Waals surface area contributed by atoms with Gasteiger partial charge in [0.1, 0.15) is 0 Å². The average molecular weight is 112 g/mol. The zero-order chi connectivity index (χ0) is 5.28. The standard InChI is InChI=1S/C7H12.CH4/c1-6-4-3-5-7(6)2;/h3-4,6-7H,5H2,1-2H3;1H4. The minimum absolute atomic E-state index is 0. The second-order valence-electron chi connectivity index (χ2n) is 2.50. The molecule has 1 rings (SSSR count). The molecule has 0 saturated heterocycles. The first-order chi connectivity index (χ1) is 3.30. The summed E-state index contributed by atoms with van der Waals surface area (Å²) < 4.78 is 0. The van der Waals surface area contributed by atoms with Crippen LogP contribution in [0.1, 0.15) is 27.7 Å². The summed E-state index contributed by atoms with van der Waals surface area (Å²) in [5.74, 6) is 1.74. The van der Waals surface area contributed by atoms with Gasteiger partial charge in [-0.25, -0.2) is 0 Å². The molecule has 0 fully saturated rings. The topological polar surface area (TPSA) is 0 Å². The molecular weight excluding hydrogens is 96.1 g/mol. The van der Waals surface area contributed by atoms with Gasteiger partial charge >= 0.3 is 0 Å². The molecule has 0 aliphatic heterocycles. The van der Waals surface area contributed by atoms with Crippen LogP contribution in [0.3, 0.4) is 0 Å². The Morgan fingerprint density at radius 1 is 1.38 bits per heavy atom. The first-order valence-electron chi connectivity index (χ1n) is 2.97. The van der Waals surface area contributed by atoms with E-state index in [9.17, 15) is 0 Å². The number of rotatable bonds is 0. The van der Waals surface area contributed by atoms with Crippen molar-refractivity contribution < 1.29 is 0 Å². The van der Waals surface area contributed by atoms with Gasteiger partial charge in [0.2, 0.25) is 0 Å². The van der Waals surface area contributed by atoms with Crippen LogP contribution in [0.5, 0.6) is 0 Å². The average Bonchev–Trinajstić information content (AvgIpc) is 1.91. The summed E-state index contributed by atoms with van der Waals surface area (Å²) in [4.78, 5) is 0. The molecule has 8 heavy (non-hydrogen) atoms. The Balaban J connectivity index is 0.000000490. The van der Waals surface area contributed by atoms with Gasteiger partial charge in [-0.2, -0.15) is 0 Å². The fraction of sp³-hybridized carbons (Fsp3) is 0.750. The van der Waals surface area contributed by atoms with Crippen molar-refractivity contribution in [2.75, 3.05) is 0 Å². The molecule has 48 valence electrons. The summed E-state index contributed by atoms with van der Waals surface area (Å²) in [6.07, 6.45) is 5.86. The molecule has 0 aromatic carbocycles. The Hall–Kier alpha value is -0.260. The highest BCUT2D eigenvalue weighted by Crippen LogP contribution is 2.22. The lowest BCUT2D eigenvalue weighted by molar-refractivity contribution is 0.498. The third-order valence-electron chi connectivity index (χ3n) is 1.85. The molecule has 0 N–H and O–H groups in total. The van der Waals surface area contributed by atoms with E-state index in [2.05, 4.69) is 26.0 Å². The van der Waals surface area contributed by atoms with Crippen LogP contribution in [-0.4, -0.2) is 0 Å². The highest BCUT2D eigenvalue weighted by Gasteiger charge is 2.11. The maximum absolute atomic E-state index is 2.30. The van der Waals surface area contributed by atoms with Crippen LogP contribution in [0.4, 0.5) is 0 Å². The largest absolute Gasteiger partial charge is 0.0880 e. The van der Waals surface area contributed by atoms with Crippen LogP contribution in [0, 0.1) is 11.8 Å². The summed E-state index contributed by atoms with van der Waals surface area (Å²) in [6.45, 7) is 4.57. The zero-order valence-corrected chi connectivity index (χ0v) is 5.02. The van der Waals surface area contributed by atoms with Crippen LogP contribution in [0.15, 0.2) is 12.2 Å². The fourth-order valence-electron chi connectivity index (χ4n) is 0.912. The third kappa shape index (κ3) is 1.36. The normalized spacial score (nSPS) is 34.8. The van der Waals surface area contributed by atoms with Crippen LogP contribution in [0.2, 0.25) is 0 Å². The number of allylic oxidation sites excluding steroid dienone is 2. The Morgan fingerprint density at radius 3 is 2.12 bits per heavy atom. The molecule has 0 saturated carbocycles. The van der Waals surface area contributed by atoms with E-state index in [-0.39, 0.29) is 7.43 Å². The molecule has 0 heteroatoms. The van der Waals surface area contributed by atoms with E-state index in [1.807, 2.05) is 0 Å². The predicted octanol–water partition coefficient (Wildman–Crippen LogP) is 2.85. The molecule has 0 aromatic rings. The van der Waals surface area contributed by atoms with Gasteiger partial charge in [-0.3, -0.25) is 0 Å². The van der Waals surface area contributed by atoms with E-state index in [1.165, 1.54) is 6.42 Å². The van der Waals surface area contributed by atoms with Gasteiger partial charge in [-0.15, -0.1) is 0 Å². The maximum Gasteiger partial charge on any atom is -0.0233 e. The van der Waals surface area contributed by atoms with Crippen molar-refractivity contribution in [2.45, 2.75) is 27.7 Å². The van der Waals surface area contributed by atoms with Gasteiger partial charge < -0.3 is 0 Å². The van der Waals surface area contributed by atoms with E-state index >= 15 is 0 Å². The Morgan fingerprint density at radius 2 is 2.00 bits per heavy atom. The molecule has 0 aromatic heterocycles. The molecule has 0 heterocycles. The summed E-state index contributed by atoms with van der Waals surface area (Å²) in [5.41, 5.74) is 0. The highest BCUT2D eigenvalue weighted by molar-refractivity contribution is 4.97. The molecule has 0 nitrogen and oxygen atoms in total. The van der Waals surface area contributed by atoms with Gasteiger partial charge in [-0.1, -0.05) is 33.4 Å². The Bertz CT molecular complexity index is 82.0. The van der Waals surface area contributed by atoms with Crippen molar-refractivity contribution in [3.63, 3.8) is 0 Å². The fourth-order valence-corrected chi connectivity index (χ4v) is 0.912. The van der Waals surface area contributed by atoms with Crippen molar-refractivity contribution in [1.29, 1.82) is 0 Å². The second kappa shape index (κ2) is 2.91.